The second-order valence-corrected chi connectivity index (χ2v) is 10.7. The third kappa shape index (κ3) is 5.59. The van der Waals surface area contributed by atoms with Crippen molar-refractivity contribution < 1.29 is 19.4 Å². The number of esters is 1. The molecule has 0 saturated heterocycles. The lowest BCUT2D eigenvalue weighted by Crippen LogP contribution is -2.38. The highest BCUT2D eigenvalue weighted by molar-refractivity contribution is 9.10. The van der Waals surface area contributed by atoms with Crippen LogP contribution in [0.4, 0.5) is 0 Å². The standard InChI is InChI=1S/C34H29BrO4/c1-2-34(27-11-7-4-8-12-27)22-31(37)32(33(38)39-34)29(25-9-5-3-6-10-25)21-30(36)26-15-13-23(14-16-26)24-17-19-28(35)20-18-24/h3-20,29,37H,2,21-22H2,1H3. The summed E-state index contributed by atoms with van der Waals surface area (Å²) in [6, 6.07) is 34.3. The fraction of sp³-hybridized carbons (Fsp3) is 0.176. The number of aliphatic hydroxyl groups excluding tert-OH is 1. The molecule has 1 aliphatic heterocycles. The summed E-state index contributed by atoms with van der Waals surface area (Å²) in [7, 11) is 0. The number of ketones is 1. The van der Waals surface area contributed by atoms with Crippen molar-refractivity contribution in [1.82, 2.24) is 0 Å². The molecule has 196 valence electrons. The summed E-state index contributed by atoms with van der Waals surface area (Å²) in [6.07, 6.45) is 0.703. The van der Waals surface area contributed by atoms with Crippen molar-refractivity contribution in [2.24, 2.45) is 0 Å². The number of halogens is 1. The van der Waals surface area contributed by atoms with Crippen LogP contribution in [0.25, 0.3) is 11.1 Å². The van der Waals surface area contributed by atoms with Crippen LogP contribution in [0.1, 0.15) is 53.6 Å². The second kappa shape index (κ2) is 11.4. The molecule has 4 nitrogen and oxygen atoms in total. The van der Waals surface area contributed by atoms with Crippen LogP contribution in [-0.4, -0.2) is 16.9 Å². The van der Waals surface area contributed by atoms with Crippen molar-refractivity contribution >= 4 is 27.7 Å². The minimum absolute atomic E-state index is 0.0239. The van der Waals surface area contributed by atoms with Gasteiger partial charge in [-0.05, 0) is 40.8 Å². The van der Waals surface area contributed by atoms with Gasteiger partial charge in [0.05, 0.1) is 5.57 Å². The maximum atomic E-state index is 13.6. The Balaban J connectivity index is 1.46. The van der Waals surface area contributed by atoms with Crippen molar-refractivity contribution in [2.45, 2.75) is 37.7 Å². The van der Waals surface area contributed by atoms with E-state index < -0.39 is 17.5 Å². The zero-order chi connectivity index (χ0) is 27.4. The number of rotatable bonds is 8. The molecule has 1 aliphatic rings. The summed E-state index contributed by atoms with van der Waals surface area (Å²) in [5.74, 6) is -1.36. The Morgan fingerprint density at radius 3 is 2.00 bits per heavy atom. The molecule has 0 radical (unpaired) electrons. The third-order valence-electron chi connectivity index (χ3n) is 7.47. The van der Waals surface area contributed by atoms with Gasteiger partial charge in [0, 0.05) is 28.8 Å². The van der Waals surface area contributed by atoms with Gasteiger partial charge in [-0.15, -0.1) is 0 Å². The van der Waals surface area contributed by atoms with Gasteiger partial charge in [-0.1, -0.05) is 120 Å². The quantitative estimate of drug-likeness (QED) is 0.167. The Morgan fingerprint density at radius 2 is 1.44 bits per heavy atom. The fourth-order valence-corrected chi connectivity index (χ4v) is 5.53. The average Bonchev–Trinajstić information content (AvgIpc) is 2.97. The molecule has 0 saturated carbocycles. The predicted octanol–water partition coefficient (Wildman–Crippen LogP) is 8.54. The highest BCUT2D eigenvalue weighted by atomic mass is 79.9. The second-order valence-electron chi connectivity index (χ2n) is 9.82. The highest BCUT2D eigenvalue weighted by Gasteiger charge is 2.44. The van der Waals surface area contributed by atoms with Crippen molar-refractivity contribution in [3.05, 3.63) is 142 Å². The van der Waals surface area contributed by atoms with E-state index in [0.29, 0.717) is 12.0 Å². The smallest absolute Gasteiger partial charge is 0.338 e. The van der Waals surface area contributed by atoms with E-state index in [0.717, 1.165) is 26.7 Å². The van der Waals surface area contributed by atoms with Crippen molar-refractivity contribution in [3.8, 4) is 11.1 Å². The van der Waals surface area contributed by atoms with Crippen LogP contribution in [0.3, 0.4) is 0 Å². The van der Waals surface area contributed by atoms with Gasteiger partial charge < -0.3 is 9.84 Å². The number of cyclic esters (lactones) is 1. The maximum absolute atomic E-state index is 13.6. The maximum Gasteiger partial charge on any atom is 0.338 e. The summed E-state index contributed by atoms with van der Waals surface area (Å²) in [5, 5.41) is 11.3. The normalized spacial score (nSPS) is 17.9. The first-order valence-corrected chi connectivity index (χ1v) is 13.8. The molecule has 0 aromatic heterocycles. The van der Waals surface area contributed by atoms with Crippen LogP contribution < -0.4 is 0 Å². The number of carbonyl (C=O) groups excluding carboxylic acids is 2. The summed E-state index contributed by atoms with van der Waals surface area (Å²) in [4.78, 5) is 27.1. The van der Waals surface area contributed by atoms with E-state index in [4.69, 9.17) is 4.74 Å². The van der Waals surface area contributed by atoms with E-state index in [1.165, 1.54) is 0 Å². The number of hydrogen-bond acceptors (Lipinski definition) is 4. The fourth-order valence-electron chi connectivity index (χ4n) is 5.27. The topological polar surface area (TPSA) is 63.6 Å². The van der Waals surface area contributed by atoms with Crippen LogP contribution in [-0.2, 0) is 15.1 Å². The van der Waals surface area contributed by atoms with Gasteiger partial charge in [0.1, 0.15) is 11.4 Å². The monoisotopic (exact) mass is 580 g/mol. The van der Waals surface area contributed by atoms with Crippen molar-refractivity contribution in [2.75, 3.05) is 0 Å². The Morgan fingerprint density at radius 1 is 0.872 bits per heavy atom. The number of carbonyl (C=O) groups is 2. The number of ether oxygens (including phenoxy) is 1. The largest absolute Gasteiger partial charge is 0.512 e. The first-order valence-electron chi connectivity index (χ1n) is 13.1. The Kier molecular flexibility index (Phi) is 7.80. The minimum Gasteiger partial charge on any atom is -0.512 e. The molecule has 0 amide bonds. The van der Waals surface area contributed by atoms with E-state index in [1.807, 2.05) is 116 Å². The molecule has 4 aromatic rings. The van der Waals surface area contributed by atoms with Gasteiger partial charge in [0.25, 0.3) is 0 Å². The molecule has 0 spiro atoms. The van der Waals surface area contributed by atoms with Crippen LogP contribution in [0.2, 0.25) is 0 Å². The number of aliphatic hydroxyl groups is 1. The van der Waals surface area contributed by atoms with Crippen LogP contribution >= 0.6 is 15.9 Å². The zero-order valence-corrected chi connectivity index (χ0v) is 23.2. The van der Waals surface area contributed by atoms with Gasteiger partial charge in [-0.3, -0.25) is 4.79 Å². The van der Waals surface area contributed by atoms with E-state index in [2.05, 4.69) is 15.9 Å². The van der Waals surface area contributed by atoms with Crippen LogP contribution in [0, 0.1) is 0 Å². The van der Waals surface area contributed by atoms with E-state index in [-0.39, 0.29) is 30.0 Å². The van der Waals surface area contributed by atoms with Crippen molar-refractivity contribution in [3.63, 3.8) is 0 Å². The molecular weight excluding hydrogens is 552 g/mol. The molecule has 1 heterocycles. The Hall–Kier alpha value is -3.96. The first-order chi connectivity index (χ1) is 18.9. The van der Waals surface area contributed by atoms with Gasteiger partial charge in [-0.2, -0.15) is 0 Å². The Bertz CT molecular complexity index is 1490. The molecule has 5 rings (SSSR count). The van der Waals surface area contributed by atoms with Gasteiger partial charge >= 0.3 is 5.97 Å². The van der Waals surface area contributed by atoms with Crippen LogP contribution in [0.5, 0.6) is 0 Å². The van der Waals surface area contributed by atoms with E-state index in [9.17, 15) is 14.7 Å². The molecular formula is C34H29BrO4. The van der Waals surface area contributed by atoms with Gasteiger partial charge in [0.2, 0.25) is 0 Å². The zero-order valence-electron chi connectivity index (χ0n) is 21.6. The van der Waals surface area contributed by atoms with Crippen LogP contribution in [0.15, 0.2) is 125 Å². The average molecular weight is 582 g/mol. The molecule has 39 heavy (non-hydrogen) atoms. The number of benzene rings is 4. The molecule has 2 atom stereocenters. The van der Waals surface area contributed by atoms with E-state index in [1.54, 1.807) is 0 Å². The predicted molar refractivity (Wildman–Crippen MR) is 156 cm³/mol. The molecule has 4 aromatic carbocycles. The minimum atomic E-state index is -0.944. The SMILES string of the molecule is CCC1(c2ccccc2)CC(O)=C(C(CC(=O)c2ccc(-c3ccc(Br)cc3)cc2)c2ccccc2)C(=O)O1. The lowest BCUT2D eigenvalue weighted by atomic mass is 9.79. The third-order valence-corrected chi connectivity index (χ3v) is 8.00. The summed E-state index contributed by atoms with van der Waals surface area (Å²) in [5.41, 5.74) is 3.43. The summed E-state index contributed by atoms with van der Waals surface area (Å²) >= 11 is 3.45. The van der Waals surface area contributed by atoms with Crippen molar-refractivity contribution in [1.29, 1.82) is 0 Å². The Labute approximate surface area is 237 Å². The molecule has 1 N–H and O–H groups in total. The van der Waals surface area contributed by atoms with Gasteiger partial charge in [0.15, 0.2) is 5.78 Å². The molecule has 5 heteroatoms. The molecule has 0 aliphatic carbocycles. The molecule has 0 fully saturated rings. The summed E-state index contributed by atoms with van der Waals surface area (Å²) < 4.78 is 7.09. The van der Waals surface area contributed by atoms with Gasteiger partial charge in [-0.25, -0.2) is 4.79 Å². The summed E-state index contributed by atoms with van der Waals surface area (Å²) in [6.45, 7) is 1.94. The molecule has 0 bridgehead atoms. The first kappa shape index (κ1) is 26.6. The molecule has 2 unspecified atom stereocenters. The van der Waals surface area contributed by atoms with E-state index >= 15 is 0 Å². The number of hydrogen-bond donors (Lipinski definition) is 1. The number of Topliss-reactive ketones (excluding diaryl/α,β-unsaturated/α-hetero) is 1. The lowest BCUT2D eigenvalue weighted by Gasteiger charge is -2.38. The lowest BCUT2D eigenvalue weighted by molar-refractivity contribution is -0.161. The highest BCUT2D eigenvalue weighted by Crippen LogP contribution is 2.44.